The molecule has 0 amide bonds. The average Bonchev–Trinajstić information content (AvgIpc) is 2.78. The van der Waals surface area contributed by atoms with E-state index in [9.17, 15) is 0 Å². The van der Waals surface area contributed by atoms with Crippen LogP contribution >= 0.6 is 0 Å². The highest BCUT2D eigenvalue weighted by Gasteiger charge is 2.13. The van der Waals surface area contributed by atoms with Crippen molar-refractivity contribution in [1.82, 2.24) is 19.7 Å². The standard InChI is InChI=1S/C12H20N4/c1-5-9(4)11-14-10-6-13-16(7-8(2)3)12(10)15-11/h6,8-9H,5,7H2,1-4H3,(H,14,15)/t9-/m0/s1. The first-order valence-electron chi connectivity index (χ1n) is 6.03. The van der Waals surface area contributed by atoms with Gasteiger partial charge in [0.25, 0.3) is 0 Å². The molecular weight excluding hydrogens is 200 g/mol. The maximum atomic E-state index is 4.64. The Balaban J connectivity index is 2.35. The van der Waals surface area contributed by atoms with E-state index < -0.39 is 0 Å². The van der Waals surface area contributed by atoms with Gasteiger partial charge in [0, 0.05) is 12.5 Å². The molecule has 0 aliphatic rings. The van der Waals surface area contributed by atoms with E-state index in [-0.39, 0.29) is 0 Å². The highest BCUT2D eigenvalue weighted by atomic mass is 15.3. The lowest BCUT2D eigenvalue weighted by atomic mass is 10.1. The highest BCUT2D eigenvalue weighted by molar-refractivity contribution is 5.70. The zero-order valence-corrected chi connectivity index (χ0v) is 10.5. The zero-order valence-electron chi connectivity index (χ0n) is 10.5. The van der Waals surface area contributed by atoms with Crippen molar-refractivity contribution in [2.45, 2.75) is 46.6 Å². The Morgan fingerprint density at radius 1 is 1.38 bits per heavy atom. The molecule has 0 aliphatic carbocycles. The van der Waals surface area contributed by atoms with Gasteiger partial charge in [-0.3, -0.25) is 0 Å². The summed E-state index contributed by atoms with van der Waals surface area (Å²) in [5.74, 6) is 2.15. The summed E-state index contributed by atoms with van der Waals surface area (Å²) < 4.78 is 1.99. The molecule has 0 saturated heterocycles. The molecule has 16 heavy (non-hydrogen) atoms. The van der Waals surface area contributed by atoms with Gasteiger partial charge in [-0.1, -0.05) is 27.7 Å². The maximum Gasteiger partial charge on any atom is 0.176 e. The number of aromatic nitrogens is 4. The lowest BCUT2D eigenvalue weighted by Crippen LogP contribution is -2.06. The normalized spacial score (nSPS) is 13.8. The predicted molar refractivity (Wildman–Crippen MR) is 65.4 cm³/mol. The van der Waals surface area contributed by atoms with Gasteiger partial charge in [-0.05, 0) is 12.3 Å². The van der Waals surface area contributed by atoms with Crippen LogP contribution in [0, 0.1) is 5.92 Å². The highest BCUT2D eigenvalue weighted by Crippen LogP contribution is 2.19. The van der Waals surface area contributed by atoms with Crippen LogP contribution in [0.3, 0.4) is 0 Å². The molecule has 0 bridgehead atoms. The maximum absolute atomic E-state index is 4.64. The van der Waals surface area contributed by atoms with Crippen LogP contribution in [0.25, 0.3) is 11.2 Å². The van der Waals surface area contributed by atoms with Gasteiger partial charge < -0.3 is 4.98 Å². The number of imidazole rings is 1. The van der Waals surface area contributed by atoms with Crippen molar-refractivity contribution in [3.05, 3.63) is 12.0 Å². The van der Waals surface area contributed by atoms with Gasteiger partial charge in [0.05, 0.1) is 6.20 Å². The van der Waals surface area contributed by atoms with E-state index in [2.05, 4.69) is 42.8 Å². The van der Waals surface area contributed by atoms with Gasteiger partial charge in [-0.2, -0.15) is 5.10 Å². The monoisotopic (exact) mass is 220 g/mol. The topological polar surface area (TPSA) is 46.5 Å². The molecule has 0 aromatic carbocycles. The van der Waals surface area contributed by atoms with Crippen LogP contribution in [0.5, 0.6) is 0 Å². The van der Waals surface area contributed by atoms with Crippen LogP contribution in [0.2, 0.25) is 0 Å². The van der Waals surface area contributed by atoms with Crippen LogP contribution in [0.4, 0.5) is 0 Å². The second-order valence-electron chi connectivity index (χ2n) is 4.89. The van der Waals surface area contributed by atoms with Crippen molar-refractivity contribution in [3.8, 4) is 0 Å². The molecule has 1 N–H and O–H groups in total. The van der Waals surface area contributed by atoms with Crippen molar-refractivity contribution < 1.29 is 0 Å². The minimum Gasteiger partial charge on any atom is -0.339 e. The molecule has 2 aromatic heterocycles. The van der Waals surface area contributed by atoms with Crippen molar-refractivity contribution in [2.75, 3.05) is 0 Å². The van der Waals surface area contributed by atoms with Crippen molar-refractivity contribution >= 4 is 11.2 Å². The molecule has 2 heterocycles. The second kappa shape index (κ2) is 4.28. The fourth-order valence-electron chi connectivity index (χ4n) is 1.77. The van der Waals surface area contributed by atoms with Gasteiger partial charge in [-0.25, -0.2) is 9.67 Å². The summed E-state index contributed by atoms with van der Waals surface area (Å²) in [6.07, 6.45) is 2.98. The molecule has 0 spiro atoms. The number of fused-ring (bicyclic) bond motifs is 1. The lowest BCUT2D eigenvalue weighted by Gasteiger charge is -2.05. The summed E-state index contributed by atoms with van der Waals surface area (Å²) in [5, 5.41) is 4.34. The Morgan fingerprint density at radius 2 is 2.12 bits per heavy atom. The largest absolute Gasteiger partial charge is 0.339 e. The molecule has 0 unspecified atom stereocenters. The quantitative estimate of drug-likeness (QED) is 0.861. The van der Waals surface area contributed by atoms with Crippen molar-refractivity contribution in [3.63, 3.8) is 0 Å². The minimum absolute atomic E-state index is 0.486. The second-order valence-corrected chi connectivity index (χ2v) is 4.89. The Morgan fingerprint density at radius 3 is 2.75 bits per heavy atom. The van der Waals surface area contributed by atoms with E-state index in [1.54, 1.807) is 0 Å². The van der Waals surface area contributed by atoms with Crippen LogP contribution in [-0.2, 0) is 6.54 Å². The number of H-pyrrole nitrogens is 1. The molecule has 1 atom stereocenters. The minimum atomic E-state index is 0.486. The average molecular weight is 220 g/mol. The Labute approximate surface area is 96.1 Å². The molecule has 88 valence electrons. The summed E-state index contributed by atoms with van der Waals surface area (Å²) in [5.41, 5.74) is 2.04. The van der Waals surface area contributed by atoms with Crippen LogP contribution in [0.1, 0.15) is 45.9 Å². The van der Waals surface area contributed by atoms with Gasteiger partial charge in [0.2, 0.25) is 0 Å². The molecule has 0 fully saturated rings. The van der Waals surface area contributed by atoms with Gasteiger partial charge in [0.1, 0.15) is 11.3 Å². The first kappa shape index (κ1) is 11.2. The van der Waals surface area contributed by atoms with Crippen molar-refractivity contribution in [1.29, 1.82) is 0 Å². The van der Waals surface area contributed by atoms with Crippen molar-refractivity contribution in [2.24, 2.45) is 5.92 Å². The summed E-state index contributed by atoms with van der Waals surface area (Å²) in [6, 6.07) is 0. The van der Waals surface area contributed by atoms with Crippen LogP contribution in [-0.4, -0.2) is 19.7 Å². The molecule has 2 rings (SSSR count). The Bertz CT molecular complexity index is 466. The third kappa shape index (κ3) is 1.96. The summed E-state index contributed by atoms with van der Waals surface area (Å²) in [7, 11) is 0. The van der Waals surface area contributed by atoms with Gasteiger partial charge in [0.15, 0.2) is 5.65 Å². The van der Waals surface area contributed by atoms with Crippen LogP contribution in [0.15, 0.2) is 6.20 Å². The Kier molecular flexibility index (Phi) is 2.99. The smallest absolute Gasteiger partial charge is 0.176 e. The van der Waals surface area contributed by atoms with E-state index in [0.29, 0.717) is 11.8 Å². The number of rotatable bonds is 4. The molecule has 2 aromatic rings. The zero-order chi connectivity index (χ0) is 11.7. The molecular formula is C12H20N4. The molecule has 0 aliphatic heterocycles. The third-order valence-corrected chi connectivity index (χ3v) is 2.92. The first-order chi connectivity index (χ1) is 7.61. The van der Waals surface area contributed by atoms with E-state index in [1.165, 1.54) is 0 Å². The molecule has 0 saturated carbocycles. The number of hydrogen-bond acceptors (Lipinski definition) is 2. The summed E-state index contributed by atoms with van der Waals surface area (Å²) >= 11 is 0. The summed E-state index contributed by atoms with van der Waals surface area (Å²) in [6.45, 7) is 9.68. The number of hydrogen-bond donors (Lipinski definition) is 1. The fraction of sp³-hybridized carbons (Fsp3) is 0.667. The van der Waals surface area contributed by atoms with E-state index in [1.807, 2.05) is 10.9 Å². The number of nitrogens with zero attached hydrogens (tertiary/aromatic N) is 3. The van der Waals surface area contributed by atoms with Gasteiger partial charge in [-0.15, -0.1) is 0 Å². The number of nitrogens with one attached hydrogen (secondary N) is 1. The van der Waals surface area contributed by atoms with E-state index in [4.69, 9.17) is 0 Å². The van der Waals surface area contributed by atoms with E-state index in [0.717, 1.165) is 30.0 Å². The predicted octanol–water partition coefficient (Wildman–Crippen LogP) is 2.93. The third-order valence-electron chi connectivity index (χ3n) is 2.92. The first-order valence-corrected chi connectivity index (χ1v) is 6.03. The lowest BCUT2D eigenvalue weighted by molar-refractivity contribution is 0.492. The van der Waals surface area contributed by atoms with Gasteiger partial charge >= 0.3 is 0 Å². The number of aromatic amines is 1. The van der Waals surface area contributed by atoms with Crippen LogP contribution < -0.4 is 0 Å². The summed E-state index contributed by atoms with van der Waals surface area (Å²) in [4.78, 5) is 7.99. The molecule has 4 nitrogen and oxygen atoms in total. The fourth-order valence-corrected chi connectivity index (χ4v) is 1.77. The SMILES string of the molecule is CC[C@H](C)c1nc2c(cnn2CC(C)C)[nH]1. The Hall–Kier alpha value is -1.32. The molecule has 4 heteroatoms. The van der Waals surface area contributed by atoms with E-state index >= 15 is 0 Å². The molecule has 0 radical (unpaired) electrons.